The van der Waals surface area contributed by atoms with Crippen LogP contribution in [0.15, 0.2) is 48.5 Å². The molecule has 3 rings (SSSR count). The first-order valence-electron chi connectivity index (χ1n) is 5.42. The predicted octanol–water partition coefficient (Wildman–Crippen LogP) is 4.60. The fourth-order valence-corrected chi connectivity index (χ4v) is 2.28. The van der Waals surface area contributed by atoms with Gasteiger partial charge in [-0.2, -0.15) is 0 Å². The Morgan fingerprint density at radius 3 is 2.33 bits per heavy atom. The second-order valence-corrected chi connectivity index (χ2v) is 4.69. The van der Waals surface area contributed by atoms with Crippen molar-refractivity contribution < 1.29 is 0 Å². The van der Waals surface area contributed by atoms with Crippen molar-refractivity contribution in [2.45, 2.75) is 0 Å². The number of hydrogen-bond acceptors (Lipinski definition) is 2. The molecule has 0 radical (unpaired) electrons. The van der Waals surface area contributed by atoms with Crippen LogP contribution in [0.5, 0.6) is 0 Å². The Hall–Kier alpha value is -1.64. The van der Waals surface area contributed by atoms with Gasteiger partial charge in [0.25, 0.3) is 0 Å². The molecule has 1 heterocycles. The van der Waals surface area contributed by atoms with Crippen LogP contribution in [0, 0.1) is 0 Å². The molecular weight excluding hydrogens is 267 g/mol. The Labute approximate surface area is 114 Å². The lowest BCUT2D eigenvalue weighted by Gasteiger charge is -2.06. The van der Waals surface area contributed by atoms with Gasteiger partial charge in [-0.05, 0) is 18.2 Å². The molecule has 0 bridgehead atoms. The average molecular weight is 275 g/mol. The van der Waals surface area contributed by atoms with Gasteiger partial charge in [0.2, 0.25) is 0 Å². The van der Waals surface area contributed by atoms with Crippen LogP contribution in [0.2, 0.25) is 10.2 Å². The summed E-state index contributed by atoms with van der Waals surface area (Å²) in [6.07, 6.45) is 0. The van der Waals surface area contributed by atoms with E-state index in [4.69, 9.17) is 23.2 Å². The van der Waals surface area contributed by atoms with E-state index in [1.54, 1.807) is 6.07 Å². The zero-order chi connectivity index (χ0) is 12.5. The molecule has 0 atom stereocenters. The molecule has 2 nitrogen and oxygen atoms in total. The zero-order valence-electron chi connectivity index (χ0n) is 9.27. The quantitative estimate of drug-likeness (QED) is 0.648. The van der Waals surface area contributed by atoms with Gasteiger partial charge in [0.1, 0.15) is 5.69 Å². The van der Waals surface area contributed by atoms with E-state index >= 15 is 0 Å². The summed E-state index contributed by atoms with van der Waals surface area (Å²) in [5.41, 5.74) is 1.78. The molecule has 2 aromatic carbocycles. The van der Waals surface area contributed by atoms with Crippen LogP contribution in [-0.4, -0.2) is 10.2 Å². The molecule has 1 aromatic heterocycles. The van der Waals surface area contributed by atoms with Gasteiger partial charge in [0.15, 0.2) is 5.15 Å². The summed E-state index contributed by atoms with van der Waals surface area (Å²) < 4.78 is 0. The van der Waals surface area contributed by atoms with Gasteiger partial charge in [-0.3, -0.25) is 0 Å². The molecule has 0 saturated carbocycles. The number of nitrogens with zero attached hydrogens (tertiary/aromatic N) is 2. The molecule has 0 aliphatic carbocycles. The van der Waals surface area contributed by atoms with E-state index in [1.807, 2.05) is 42.5 Å². The minimum atomic E-state index is 0.390. The van der Waals surface area contributed by atoms with Gasteiger partial charge >= 0.3 is 0 Å². The second kappa shape index (κ2) is 4.56. The van der Waals surface area contributed by atoms with Crippen molar-refractivity contribution in [3.05, 3.63) is 58.7 Å². The zero-order valence-corrected chi connectivity index (χ0v) is 10.8. The topological polar surface area (TPSA) is 25.8 Å². The summed E-state index contributed by atoms with van der Waals surface area (Å²) in [5.74, 6) is 0. The molecule has 88 valence electrons. The highest BCUT2D eigenvalue weighted by atomic mass is 35.5. The number of aromatic nitrogens is 2. The molecule has 0 fully saturated rings. The molecule has 0 N–H and O–H groups in total. The van der Waals surface area contributed by atoms with E-state index in [1.165, 1.54) is 0 Å². The maximum absolute atomic E-state index is 6.05. The van der Waals surface area contributed by atoms with Crippen molar-refractivity contribution in [2.24, 2.45) is 0 Å². The minimum Gasteiger partial charge on any atom is -0.148 e. The van der Waals surface area contributed by atoms with Gasteiger partial charge in [-0.25, -0.2) is 0 Å². The van der Waals surface area contributed by atoms with Crippen molar-refractivity contribution in [2.75, 3.05) is 0 Å². The number of hydrogen-bond donors (Lipinski definition) is 0. The summed E-state index contributed by atoms with van der Waals surface area (Å²) in [4.78, 5) is 0. The molecule has 0 aliphatic rings. The van der Waals surface area contributed by atoms with Crippen LogP contribution in [0.3, 0.4) is 0 Å². The minimum absolute atomic E-state index is 0.390. The number of fused-ring (bicyclic) bond motifs is 1. The largest absolute Gasteiger partial charge is 0.159 e. The van der Waals surface area contributed by atoms with E-state index in [0.29, 0.717) is 10.2 Å². The van der Waals surface area contributed by atoms with E-state index in [0.717, 1.165) is 22.0 Å². The molecule has 0 unspecified atom stereocenters. The summed E-state index contributed by atoms with van der Waals surface area (Å²) in [5, 5.41) is 11.0. The molecule has 0 amide bonds. The van der Waals surface area contributed by atoms with E-state index < -0.39 is 0 Å². The summed E-state index contributed by atoms with van der Waals surface area (Å²) in [7, 11) is 0. The predicted molar refractivity (Wildman–Crippen MR) is 75.0 cm³/mol. The van der Waals surface area contributed by atoms with Crippen LogP contribution in [0.1, 0.15) is 0 Å². The third-order valence-corrected chi connectivity index (χ3v) is 3.26. The van der Waals surface area contributed by atoms with Crippen molar-refractivity contribution >= 4 is 34.0 Å². The van der Waals surface area contributed by atoms with Crippen LogP contribution in [0.4, 0.5) is 0 Å². The number of halogens is 2. The Morgan fingerprint density at radius 1 is 0.778 bits per heavy atom. The first kappa shape index (κ1) is 11.5. The maximum Gasteiger partial charge on any atom is 0.159 e. The lowest BCUT2D eigenvalue weighted by atomic mass is 10.1. The smallest absolute Gasteiger partial charge is 0.148 e. The van der Waals surface area contributed by atoms with Crippen LogP contribution in [-0.2, 0) is 0 Å². The third kappa shape index (κ3) is 1.94. The highest BCUT2D eigenvalue weighted by Gasteiger charge is 2.09. The molecule has 3 aromatic rings. The van der Waals surface area contributed by atoms with Gasteiger partial charge in [0.05, 0.1) is 0 Å². The normalized spacial score (nSPS) is 10.8. The van der Waals surface area contributed by atoms with Gasteiger partial charge < -0.3 is 0 Å². The molecule has 18 heavy (non-hydrogen) atoms. The lowest BCUT2D eigenvalue weighted by molar-refractivity contribution is 1.06. The van der Waals surface area contributed by atoms with Gasteiger partial charge in [0, 0.05) is 21.4 Å². The number of rotatable bonds is 1. The van der Waals surface area contributed by atoms with Crippen molar-refractivity contribution in [3.8, 4) is 11.3 Å². The van der Waals surface area contributed by atoms with Crippen molar-refractivity contribution in [1.82, 2.24) is 10.2 Å². The Kier molecular flexibility index (Phi) is 2.90. The first-order valence-corrected chi connectivity index (χ1v) is 6.18. The van der Waals surface area contributed by atoms with Crippen LogP contribution >= 0.6 is 23.2 Å². The van der Waals surface area contributed by atoms with Gasteiger partial charge in [-0.15, -0.1) is 10.2 Å². The highest BCUT2D eigenvalue weighted by molar-refractivity contribution is 6.35. The Balaban J connectivity index is 2.37. The number of benzene rings is 2. The molecule has 0 saturated heterocycles. The summed E-state index contributed by atoms with van der Waals surface area (Å²) in [6.45, 7) is 0. The van der Waals surface area contributed by atoms with Gasteiger partial charge in [-0.1, -0.05) is 53.5 Å². The Bertz CT molecular complexity index is 712. The summed E-state index contributed by atoms with van der Waals surface area (Å²) in [6, 6.07) is 15.4. The monoisotopic (exact) mass is 274 g/mol. The lowest BCUT2D eigenvalue weighted by Crippen LogP contribution is -1.91. The second-order valence-electron chi connectivity index (χ2n) is 3.90. The third-order valence-electron chi connectivity index (χ3n) is 2.74. The molecule has 0 aliphatic heterocycles. The molecular formula is C14H8Cl2N2. The van der Waals surface area contributed by atoms with E-state index in [2.05, 4.69) is 10.2 Å². The highest BCUT2D eigenvalue weighted by Crippen LogP contribution is 2.31. The fourth-order valence-electron chi connectivity index (χ4n) is 1.90. The molecule has 0 spiro atoms. The van der Waals surface area contributed by atoms with Crippen molar-refractivity contribution in [3.63, 3.8) is 0 Å². The Morgan fingerprint density at radius 2 is 1.56 bits per heavy atom. The van der Waals surface area contributed by atoms with Crippen LogP contribution < -0.4 is 0 Å². The van der Waals surface area contributed by atoms with Crippen LogP contribution in [0.25, 0.3) is 22.0 Å². The molecule has 4 heteroatoms. The van der Waals surface area contributed by atoms with E-state index in [-0.39, 0.29) is 0 Å². The fraction of sp³-hybridized carbons (Fsp3) is 0. The van der Waals surface area contributed by atoms with E-state index in [9.17, 15) is 0 Å². The summed E-state index contributed by atoms with van der Waals surface area (Å²) >= 11 is 12.1. The maximum atomic E-state index is 6.05. The average Bonchev–Trinajstić information content (AvgIpc) is 2.40. The standard InChI is InChI=1S/C14H8Cl2N2/c15-10-6-7-11-12(8-10)13(17-18-14(11)16)9-4-2-1-3-5-9/h1-8H. The SMILES string of the molecule is Clc1ccc2c(Cl)nnc(-c3ccccc3)c2c1. The first-order chi connectivity index (χ1) is 8.75. The van der Waals surface area contributed by atoms with Crippen molar-refractivity contribution in [1.29, 1.82) is 0 Å².